The number of hydrogen-bond donors (Lipinski definition) is 2. The van der Waals surface area contributed by atoms with Crippen LogP contribution in [0.2, 0.25) is 0 Å². The van der Waals surface area contributed by atoms with Gasteiger partial charge in [0, 0.05) is 24.2 Å². The molecule has 4 rings (SSSR count). The number of nitrogens with zero attached hydrogens (tertiary/aromatic N) is 3. The number of anilines is 3. The molecule has 0 saturated heterocycles. The number of esters is 1. The van der Waals surface area contributed by atoms with Crippen LogP contribution >= 0.6 is 0 Å². The van der Waals surface area contributed by atoms with Crippen molar-refractivity contribution in [3.8, 4) is 0 Å². The van der Waals surface area contributed by atoms with Gasteiger partial charge in [-0.1, -0.05) is 11.2 Å². The molecule has 0 atom stereocenters. The van der Waals surface area contributed by atoms with Crippen molar-refractivity contribution in [3.05, 3.63) is 69.6 Å². The molecule has 1 amide bonds. The fourth-order valence-electron chi connectivity index (χ4n) is 4.32. The molecular formula is C24H23F2N5O6. The zero-order valence-corrected chi connectivity index (χ0v) is 19.7. The first-order valence-electron chi connectivity index (χ1n) is 11.5. The minimum Gasteiger partial charge on any atom is -0.469 e. The van der Waals surface area contributed by atoms with E-state index in [2.05, 4.69) is 20.8 Å². The Hall–Kier alpha value is -4.42. The number of rotatable bonds is 8. The standard InChI is InChI=1S/C24H23F2N5O6/c1-36-21(32)10-13-2-4-14(5-3-13)15-6-9-19(20(11-15)31(34)35)28-22(33)23-29-30-24(37-23)27-16-7-8-17(25)18(26)12-16/h6-9,11-14H,2-5,10H2,1H3,(H,27,30)(H,28,33)/t13-,14-. The van der Waals surface area contributed by atoms with E-state index in [1.54, 1.807) is 6.07 Å². The molecule has 1 heterocycles. The molecule has 2 N–H and O–H groups in total. The van der Waals surface area contributed by atoms with Crippen LogP contribution in [0.5, 0.6) is 0 Å². The quantitative estimate of drug-likeness (QED) is 0.238. The van der Waals surface area contributed by atoms with E-state index < -0.39 is 28.4 Å². The highest BCUT2D eigenvalue weighted by Gasteiger charge is 2.27. The highest BCUT2D eigenvalue weighted by atomic mass is 19.2. The number of halogens is 2. The number of methoxy groups -OCH3 is 1. The van der Waals surface area contributed by atoms with Crippen molar-refractivity contribution in [3.63, 3.8) is 0 Å². The summed E-state index contributed by atoms with van der Waals surface area (Å²) in [7, 11) is 1.36. The van der Waals surface area contributed by atoms with E-state index in [1.165, 1.54) is 25.3 Å². The SMILES string of the molecule is COC(=O)C[C@H]1CC[C@H](c2ccc(NC(=O)c3nnc(Nc4ccc(F)c(F)c4)o3)c([N+](=O)[O-])c2)CC1. The lowest BCUT2D eigenvalue weighted by atomic mass is 9.77. The zero-order valence-electron chi connectivity index (χ0n) is 19.7. The highest BCUT2D eigenvalue weighted by molar-refractivity contribution is 6.02. The van der Waals surface area contributed by atoms with Crippen LogP contribution in [-0.4, -0.2) is 34.1 Å². The topological polar surface area (TPSA) is 149 Å². The van der Waals surface area contributed by atoms with E-state index in [9.17, 15) is 28.5 Å². The molecular weight excluding hydrogens is 492 g/mol. The Morgan fingerprint density at radius 3 is 2.54 bits per heavy atom. The Bertz CT molecular complexity index is 1320. The van der Waals surface area contributed by atoms with Crippen LogP contribution in [0.1, 0.15) is 54.3 Å². The molecule has 1 aromatic heterocycles. The van der Waals surface area contributed by atoms with Gasteiger partial charge in [-0.15, -0.1) is 5.10 Å². The van der Waals surface area contributed by atoms with Crippen LogP contribution < -0.4 is 10.6 Å². The van der Waals surface area contributed by atoms with E-state index in [4.69, 9.17) is 9.15 Å². The van der Waals surface area contributed by atoms with Gasteiger partial charge in [0.05, 0.1) is 12.0 Å². The van der Waals surface area contributed by atoms with Gasteiger partial charge in [0.15, 0.2) is 11.6 Å². The maximum atomic E-state index is 13.4. The highest BCUT2D eigenvalue weighted by Crippen LogP contribution is 2.39. The maximum Gasteiger partial charge on any atom is 0.320 e. The fourth-order valence-corrected chi connectivity index (χ4v) is 4.32. The summed E-state index contributed by atoms with van der Waals surface area (Å²) in [6, 6.07) is 7.35. The van der Waals surface area contributed by atoms with Gasteiger partial charge in [-0.05, 0) is 61.3 Å². The Morgan fingerprint density at radius 1 is 1.11 bits per heavy atom. The first-order valence-corrected chi connectivity index (χ1v) is 11.5. The lowest BCUT2D eigenvalue weighted by Gasteiger charge is -2.28. The molecule has 37 heavy (non-hydrogen) atoms. The first-order chi connectivity index (χ1) is 17.7. The van der Waals surface area contributed by atoms with Crippen LogP contribution in [0, 0.1) is 27.7 Å². The molecule has 2 aromatic carbocycles. The Labute approximate surface area is 209 Å². The number of nitro groups is 1. The molecule has 1 aliphatic rings. The summed E-state index contributed by atoms with van der Waals surface area (Å²) in [4.78, 5) is 35.2. The van der Waals surface area contributed by atoms with Crippen molar-refractivity contribution in [2.45, 2.75) is 38.0 Å². The number of hydrogen-bond acceptors (Lipinski definition) is 9. The van der Waals surface area contributed by atoms with Gasteiger partial charge in [0.2, 0.25) is 0 Å². The Morgan fingerprint density at radius 2 is 1.86 bits per heavy atom. The molecule has 0 unspecified atom stereocenters. The van der Waals surface area contributed by atoms with Crippen molar-refractivity contribution >= 4 is 35.0 Å². The average Bonchev–Trinajstić information content (AvgIpc) is 3.35. The monoisotopic (exact) mass is 515 g/mol. The van der Waals surface area contributed by atoms with E-state index in [0.717, 1.165) is 43.4 Å². The normalized spacial score (nSPS) is 17.2. The van der Waals surface area contributed by atoms with Gasteiger partial charge in [0.25, 0.3) is 5.69 Å². The number of nitrogens with one attached hydrogen (secondary N) is 2. The van der Waals surface area contributed by atoms with Gasteiger partial charge in [-0.25, -0.2) is 8.78 Å². The van der Waals surface area contributed by atoms with Gasteiger partial charge in [-0.3, -0.25) is 19.7 Å². The van der Waals surface area contributed by atoms with Gasteiger partial charge in [0.1, 0.15) is 5.69 Å². The smallest absolute Gasteiger partial charge is 0.320 e. The molecule has 0 radical (unpaired) electrons. The summed E-state index contributed by atoms with van der Waals surface area (Å²) < 4.78 is 36.4. The van der Waals surface area contributed by atoms with Crippen LogP contribution in [0.4, 0.5) is 31.9 Å². The molecule has 0 spiro atoms. The first kappa shape index (κ1) is 25.7. The summed E-state index contributed by atoms with van der Waals surface area (Å²) in [6.45, 7) is 0. The number of ether oxygens (including phenoxy) is 1. The van der Waals surface area contributed by atoms with Crippen molar-refractivity contribution in [2.24, 2.45) is 5.92 Å². The van der Waals surface area contributed by atoms with Crippen LogP contribution in [0.3, 0.4) is 0 Å². The number of nitro benzene ring substituents is 1. The number of amides is 1. The van der Waals surface area contributed by atoms with Crippen LogP contribution in [0.15, 0.2) is 40.8 Å². The van der Waals surface area contributed by atoms with E-state index in [0.29, 0.717) is 6.42 Å². The number of carbonyl (C=O) groups is 2. The van der Waals surface area contributed by atoms with Crippen LogP contribution in [-0.2, 0) is 9.53 Å². The lowest BCUT2D eigenvalue weighted by Crippen LogP contribution is -2.17. The van der Waals surface area contributed by atoms with Crippen molar-refractivity contribution in [2.75, 3.05) is 17.7 Å². The second-order valence-corrected chi connectivity index (χ2v) is 8.65. The minimum absolute atomic E-state index is 0.0496. The van der Waals surface area contributed by atoms with E-state index >= 15 is 0 Å². The number of carbonyl (C=O) groups excluding carboxylic acids is 2. The summed E-state index contributed by atoms with van der Waals surface area (Å²) in [6.07, 6.45) is 3.54. The predicted octanol–water partition coefficient (Wildman–Crippen LogP) is 5.09. The molecule has 3 aromatic rings. The van der Waals surface area contributed by atoms with E-state index in [-0.39, 0.29) is 40.9 Å². The Kier molecular flexibility index (Phi) is 7.70. The number of aromatic nitrogens is 2. The summed E-state index contributed by atoms with van der Waals surface area (Å²) in [5.74, 6) is -3.42. The van der Waals surface area contributed by atoms with Crippen molar-refractivity contribution in [1.82, 2.24) is 10.2 Å². The molecule has 1 saturated carbocycles. The van der Waals surface area contributed by atoms with Gasteiger partial charge in [-0.2, -0.15) is 0 Å². The van der Waals surface area contributed by atoms with Crippen molar-refractivity contribution in [1.29, 1.82) is 0 Å². The third-order valence-corrected chi connectivity index (χ3v) is 6.26. The third kappa shape index (κ3) is 6.23. The predicted molar refractivity (Wildman–Crippen MR) is 126 cm³/mol. The maximum absolute atomic E-state index is 13.4. The summed E-state index contributed by atoms with van der Waals surface area (Å²) in [5.41, 5.74) is 0.547. The lowest BCUT2D eigenvalue weighted by molar-refractivity contribution is -0.384. The fraction of sp³-hybridized carbons (Fsp3) is 0.333. The average molecular weight is 515 g/mol. The van der Waals surface area contributed by atoms with Gasteiger partial charge >= 0.3 is 23.8 Å². The third-order valence-electron chi connectivity index (χ3n) is 6.26. The molecule has 11 nitrogen and oxygen atoms in total. The van der Waals surface area contributed by atoms with E-state index in [1.807, 2.05) is 0 Å². The second-order valence-electron chi connectivity index (χ2n) is 8.65. The van der Waals surface area contributed by atoms with Gasteiger partial charge < -0.3 is 19.8 Å². The minimum atomic E-state index is -1.09. The molecule has 1 fully saturated rings. The van der Waals surface area contributed by atoms with Crippen LogP contribution in [0.25, 0.3) is 0 Å². The summed E-state index contributed by atoms with van der Waals surface area (Å²) >= 11 is 0. The molecule has 1 aliphatic carbocycles. The second kappa shape index (κ2) is 11.1. The molecule has 0 aliphatic heterocycles. The zero-order chi connectivity index (χ0) is 26.5. The number of benzene rings is 2. The summed E-state index contributed by atoms with van der Waals surface area (Å²) in [5, 5.41) is 23.9. The molecule has 13 heteroatoms. The largest absolute Gasteiger partial charge is 0.469 e. The molecule has 0 bridgehead atoms. The molecule has 194 valence electrons. The Balaban J connectivity index is 1.42. The van der Waals surface area contributed by atoms with Crippen molar-refractivity contribution < 1.29 is 32.4 Å².